The summed E-state index contributed by atoms with van der Waals surface area (Å²) in [7, 11) is 0. The number of nitrogens with zero attached hydrogens (tertiary/aromatic N) is 1. The predicted molar refractivity (Wildman–Crippen MR) is 106 cm³/mol. The normalized spacial score (nSPS) is 17.6. The van der Waals surface area contributed by atoms with Gasteiger partial charge in [-0.05, 0) is 37.3 Å². The summed E-state index contributed by atoms with van der Waals surface area (Å²) in [5.41, 5.74) is 9.39. The highest BCUT2D eigenvalue weighted by Gasteiger charge is 2.35. The van der Waals surface area contributed by atoms with Crippen molar-refractivity contribution >= 4 is 11.8 Å². The summed E-state index contributed by atoms with van der Waals surface area (Å²) in [6.07, 6.45) is 1.99. The highest BCUT2D eigenvalue weighted by atomic mass is 16.2. The van der Waals surface area contributed by atoms with Crippen molar-refractivity contribution in [3.8, 4) is 0 Å². The largest absolute Gasteiger partial charge is 0.350 e. The molecule has 1 saturated heterocycles. The summed E-state index contributed by atoms with van der Waals surface area (Å²) in [5.74, 6) is -0.249. The van der Waals surface area contributed by atoms with E-state index in [-0.39, 0.29) is 11.8 Å². The maximum atomic E-state index is 12.8. The Morgan fingerprint density at radius 2 is 1.89 bits per heavy atom. The van der Waals surface area contributed by atoms with Crippen molar-refractivity contribution in [3.05, 3.63) is 71.3 Å². The van der Waals surface area contributed by atoms with E-state index in [9.17, 15) is 9.59 Å². The van der Waals surface area contributed by atoms with Crippen molar-refractivity contribution in [2.75, 3.05) is 6.54 Å². The Labute approximate surface area is 160 Å². The molecule has 3 N–H and O–H groups in total. The highest BCUT2D eigenvalue weighted by molar-refractivity contribution is 5.90. The molecular weight excluding hydrogens is 338 g/mol. The number of aryl methyl sites for hydroxylation is 1. The van der Waals surface area contributed by atoms with E-state index in [1.807, 2.05) is 61.5 Å². The van der Waals surface area contributed by atoms with E-state index >= 15 is 0 Å². The van der Waals surface area contributed by atoms with Crippen LogP contribution < -0.4 is 11.1 Å². The van der Waals surface area contributed by atoms with Gasteiger partial charge < -0.3 is 16.0 Å². The fourth-order valence-corrected chi connectivity index (χ4v) is 3.60. The molecule has 5 heteroatoms. The molecule has 0 radical (unpaired) electrons. The van der Waals surface area contributed by atoms with Crippen LogP contribution in [-0.4, -0.2) is 35.3 Å². The third-order valence-electron chi connectivity index (χ3n) is 5.00. The van der Waals surface area contributed by atoms with E-state index in [1.54, 1.807) is 4.90 Å². The van der Waals surface area contributed by atoms with Crippen LogP contribution in [0.5, 0.6) is 0 Å². The smallest absolute Gasteiger partial charge is 0.243 e. The number of amides is 2. The Hall–Kier alpha value is -2.66. The molecule has 2 unspecified atom stereocenters. The quantitative estimate of drug-likeness (QED) is 0.824. The first-order valence-corrected chi connectivity index (χ1v) is 9.48. The number of hydrogen-bond donors (Lipinski definition) is 2. The Kier molecular flexibility index (Phi) is 6.24. The van der Waals surface area contributed by atoms with Crippen LogP contribution in [0.25, 0.3) is 0 Å². The lowest BCUT2D eigenvalue weighted by Crippen LogP contribution is -2.51. The van der Waals surface area contributed by atoms with Crippen LogP contribution in [0.15, 0.2) is 54.6 Å². The highest BCUT2D eigenvalue weighted by Crippen LogP contribution is 2.19. The Balaban J connectivity index is 1.58. The molecule has 0 aromatic heterocycles. The van der Waals surface area contributed by atoms with Crippen LogP contribution in [-0.2, 0) is 22.6 Å². The number of nitrogens with one attached hydrogen (secondary N) is 1. The molecule has 3 rings (SSSR count). The maximum absolute atomic E-state index is 12.8. The van der Waals surface area contributed by atoms with Crippen LogP contribution in [0.2, 0.25) is 0 Å². The van der Waals surface area contributed by atoms with Gasteiger partial charge in [-0.25, -0.2) is 0 Å². The van der Waals surface area contributed by atoms with Crippen molar-refractivity contribution in [1.82, 2.24) is 10.2 Å². The van der Waals surface area contributed by atoms with Gasteiger partial charge in [-0.3, -0.25) is 9.59 Å². The van der Waals surface area contributed by atoms with Crippen molar-refractivity contribution in [2.45, 2.75) is 44.8 Å². The van der Waals surface area contributed by atoms with Gasteiger partial charge in [-0.2, -0.15) is 0 Å². The average molecular weight is 365 g/mol. The minimum absolute atomic E-state index is 0.103. The van der Waals surface area contributed by atoms with Gasteiger partial charge in [0.2, 0.25) is 11.8 Å². The van der Waals surface area contributed by atoms with Gasteiger partial charge >= 0.3 is 0 Å². The molecule has 27 heavy (non-hydrogen) atoms. The zero-order valence-corrected chi connectivity index (χ0v) is 15.7. The molecule has 1 aliphatic heterocycles. The maximum Gasteiger partial charge on any atom is 0.243 e. The molecule has 1 fully saturated rings. The van der Waals surface area contributed by atoms with Gasteiger partial charge in [0.25, 0.3) is 0 Å². The monoisotopic (exact) mass is 365 g/mol. The summed E-state index contributed by atoms with van der Waals surface area (Å²) >= 11 is 0. The van der Waals surface area contributed by atoms with Crippen LogP contribution in [0.3, 0.4) is 0 Å². The Morgan fingerprint density at radius 1 is 1.15 bits per heavy atom. The average Bonchev–Trinajstić information content (AvgIpc) is 3.16. The van der Waals surface area contributed by atoms with Crippen LogP contribution in [0.1, 0.15) is 29.5 Å². The van der Waals surface area contributed by atoms with E-state index in [4.69, 9.17) is 5.73 Å². The van der Waals surface area contributed by atoms with Crippen molar-refractivity contribution in [3.63, 3.8) is 0 Å². The summed E-state index contributed by atoms with van der Waals surface area (Å²) < 4.78 is 0. The zero-order chi connectivity index (χ0) is 19.2. The molecule has 0 spiro atoms. The number of rotatable bonds is 6. The standard InChI is InChI=1S/C22H27N3O2/c1-16-7-5-10-18(13-16)15-24-21(26)20-11-6-12-25(20)22(27)19(23)14-17-8-3-2-4-9-17/h2-5,7-10,13,19-20H,6,11-12,14-15,23H2,1H3,(H,24,26). The second kappa shape index (κ2) is 8.82. The molecule has 0 saturated carbocycles. The van der Waals surface area contributed by atoms with E-state index in [2.05, 4.69) is 5.32 Å². The number of benzene rings is 2. The van der Waals surface area contributed by atoms with Crippen LogP contribution >= 0.6 is 0 Å². The molecule has 2 atom stereocenters. The number of nitrogens with two attached hydrogens (primary N) is 1. The van der Waals surface area contributed by atoms with Crippen LogP contribution in [0, 0.1) is 6.92 Å². The van der Waals surface area contributed by atoms with Crippen molar-refractivity contribution in [2.24, 2.45) is 5.73 Å². The molecule has 142 valence electrons. The number of carbonyl (C=O) groups is 2. The molecule has 1 heterocycles. The van der Waals surface area contributed by atoms with Gasteiger partial charge in [0.15, 0.2) is 0 Å². The second-order valence-corrected chi connectivity index (χ2v) is 7.19. The topological polar surface area (TPSA) is 75.4 Å². The van der Waals surface area contributed by atoms with E-state index in [0.29, 0.717) is 25.9 Å². The molecule has 0 bridgehead atoms. The molecule has 2 aromatic rings. The number of hydrogen-bond acceptors (Lipinski definition) is 3. The van der Waals surface area contributed by atoms with Crippen LogP contribution in [0.4, 0.5) is 0 Å². The SMILES string of the molecule is Cc1cccc(CNC(=O)C2CCCN2C(=O)C(N)Cc2ccccc2)c1. The molecule has 5 nitrogen and oxygen atoms in total. The minimum Gasteiger partial charge on any atom is -0.350 e. The van der Waals surface area contributed by atoms with E-state index < -0.39 is 12.1 Å². The first kappa shape index (κ1) is 19.1. The van der Waals surface area contributed by atoms with Crippen molar-refractivity contribution < 1.29 is 9.59 Å². The first-order valence-electron chi connectivity index (χ1n) is 9.48. The summed E-state index contributed by atoms with van der Waals surface area (Å²) in [6.45, 7) is 3.08. The molecule has 2 aromatic carbocycles. The Bertz CT molecular complexity index is 791. The summed E-state index contributed by atoms with van der Waals surface area (Å²) in [6, 6.07) is 16.7. The summed E-state index contributed by atoms with van der Waals surface area (Å²) in [5, 5.41) is 2.97. The molecule has 2 amide bonds. The van der Waals surface area contributed by atoms with Gasteiger partial charge in [0, 0.05) is 13.1 Å². The zero-order valence-electron chi connectivity index (χ0n) is 15.7. The molecule has 0 aliphatic carbocycles. The third kappa shape index (κ3) is 4.95. The third-order valence-corrected chi connectivity index (χ3v) is 5.00. The first-order chi connectivity index (χ1) is 13.0. The van der Waals surface area contributed by atoms with Gasteiger partial charge in [-0.1, -0.05) is 60.2 Å². The second-order valence-electron chi connectivity index (χ2n) is 7.19. The predicted octanol–water partition coefficient (Wildman–Crippen LogP) is 2.17. The van der Waals surface area contributed by atoms with Crippen molar-refractivity contribution in [1.29, 1.82) is 0 Å². The molecule has 1 aliphatic rings. The Morgan fingerprint density at radius 3 is 2.63 bits per heavy atom. The van der Waals surface area contributed by atoms with E-state index in [0.717, 1.165) is 23.1 Å². The lowest BCUT2D eigenvalue weighted by atomic mass is 10.1. The van der Waals surface area contributed by atoms with Gasteiger partial charge in [0.1, 0.15) is 6.04 Å². The van der Waals surface area contributed by atoms with Gasteiger partial charge in [0.05, 0.1) is 6.04 Å². The number of likely N-dealkylation sites (tertiary alicyclic amines) is 1. The lowest BCUT2D eigenvalue weighted by molar-refractivity contribution is -0.139. The van der Waals surface area contributed by atoms with Gasteiger partial charge in [-0.15, -0.1) is 0 Å². The minimum atomic E-state index is -0.627. The van der Waals surface area contributed by atoms with E-state index in [1.165, 1.54) is 0 Å². The fraction of sp³-hybridized carbons (Fsp3) is 0.364. The fourth-order valence-electron chi connectivity index (χ4n) is 3.60. The summed E-state index contributed by atoms with van der Waals surface area (Å²) in [4.78, 5) is 27.1. The number of carbonyl (C=O) groups excluding carboxylic acids is 2. The lowest BCUT2D eigenvalue weighted by Gasteiger charge is -2.26. The molecular formula is C22H27N3O2.